The van der Waals surface area contributed by atoms with Gasteiger partial charge in [0.1, 0.15) is 12.3 Å². The normalized spacial score (nSPS) is 29.4. The average Bonchev–Trinajstić information content (AvgIpc) is 3.01. The summed E-state index contributed by atoms with van der Waals surface area (Å²) in [5.74, 6) is 4.81. The maximum absolute atomic E-state index is 14.4. The molecule has 0 aromatic rings. The van der Waals surface area contributed by atoms with E-state index in [1.54, 1.807) is 0 Å². The van der Waals surface area contributed by atoms with E-state index < -0.39 is 30.4 Å². The Balaban J connectivity index is 1.84. The van der Waals surface area contributed by atoms with E-state index in [0.717, 1.165) is 32.1 Å². The van der Waals surface area contributed by atoms with Crippen LogP contribution in [0, 0.1) is 29.6 Å². The fourth-order valence-electron chi connectivity index (χ4n) is 4.58. The number of methoxy groups -OCH3 is 1. The van der Waals surface area contributed by atoms with Crippen molar-refractivity contribution < 1.29 is 29.2 Å². The van der Waals surface area contributed by atoms with E-state index in [1.807, 2.05) is 12.2 Å². The number of aliphatic hydroxyl groups is 3. The zero-order chi connectivity index (χ0) is 21.9. The maximum Gasteiger partial charge on any atom is 0.305 e. The summed E-state index contributed by atoms with van der Waals surface area (Å²) in [4.78, 5) is 11.1. The van der Waals surface area contributed by atoms with Crippen LogP contribution >= 0.6 is 0 Å². The molecule has 0 amide bonds. The second-order valence-corrected chi connectivity index (χ2v) is 8.72. The fourth-order valence-corrected chi connectivity index (χ4v) is 4.58. The van der Waals surface area contributed by atoms with Gasteiger partial charge in [0.05, 0.1) is 25.2 Å². The molecule has 170 valence electrons. The summed E-state index contributed by atoms with van der Waals surface area (Å²) in [6, 6.07) is 0. The van der Waals surface area contributed by atoms with E-state index in [1.165, 1.54) is 13.5 Å². The summed E-state index contributed by atoms with van der Waals surface area (Å²) >= 11 is 0. The molecule has 30 heavy (non-hydrogen) atoms. The van der Waals surface area contributed by atoms with E-state index in [0.29, 0.717) is 31.6 Å². The van der Waals surface area contributed by atoms with Gasteiger partial charge in [-0.05, 0) is 31.6 Å². The highest BCUT2D eigenvalue weighted by Gasteiger charge is 2.40. The molecule has 0 aliphatic heterocycles. The molecule has 2 fully saturated rings. The largest absolute Gasteiger partial charge is 0.469 e. The molecule has 0 aromatic heterocycles. The van der Waals surface area contributed by atoms with Crippen LogP contribution in [-0.2, 0) is 9.53 Å². The lowest BCUT2D eigenvalue weighted by molar-refractivity contribution is -0.140. The van der Waals surface area contributed by atoms with Crippen LogP contribution in [0.4, 0.5) is 4.39 Å². The minimum absolute atomic E-state index is 0.234. The lowest BCUT2D eigenvalue weighted by Crippen LogP contribution is -2.25. The Bertz CT molecular complexity index is 604. The molecular weight excluding hydrogens is 387 g/mol. The van der Waals surface area contributed by atoms with Crippen molar-refractivity contribution in [3.8, 4) is 11.8 Å². The number of unbranched alkanes of at least 4 members (excludes halogenated alkanes) is 1. The van der Waals surface area contributed by atoms with Crippen molar-refractivity contribution in [3.05, 3.63) is 12.2 Å². The van der Waals surface area contributed by atoms with Gasteiger partial charge in [0.25, 0.3) is 0 Å². The third kappa shape index (κ3) is 8.02. The minimum atomic E-state index is -1.38. The molecule has 0 heterocycles. The summed E-state index contributed by atoms with van der Waals surface area (Å²) in [5, 5.41) is 30.7. The van der Waals surface area contributed by atoms with E-state index >= 15 is 0 Å². The Morgan fingerprint density at radius 1 is 1.20 bits per heavy atom. The Hall–Kier alpha value is -1.42. The van der Waals surface area contributed by atoms with Crippen molar-refractivity contribution >= 4 is 5.97 Å². The predicted octanol–water partition coefficient (Wildman–Crippen LogP) is 3.31. The number of alkyl halides is 1. The van der Waals surface area contributed by atoms with E-state index in [2.05, 4.69) is 16.6 Å². The lowest BCUT2D eigenvalue weighted by Gasteiger charge is -2.24. The van der Waals surface area contributed by atoms with Gasteiger partial charge in [-0.15, -0.1) is 0 Å². The van der Waals surface area contributed by atoms with E-state index in [-0.39, 0.29) is 18.3 Å². The molecule has 2 saturated carbocycles. The number of aliphatic hydroxyl groups excluding tert-OH is 3. The number of hydrogen-bond acceptors (Lipinski definition) is 5. The predicted molar refractivity (Wildman–Crippen MR) is 113 cm³/mol. The van der Waals surface area contributed by atoms with Crippen molar-refractivity contribution in [1.82, 2.24) is 0 Å². The molecule has 0 spiro atoms. The first-order valence-electron chi connectivity index (χ1n) is 11.3. The summed E-state index contributed by atoms with van der Waals surface area (Å²) in [7, 11) is 1.37. The highest BCUT2D eigenvalue weighted by Crippen LogP contribution is 2.35. The second kappa shape index (κ2) is 13.1. The van der Waals surface area contributed by atoms with Crippen molar-refractivity contribution in [2.75, 3.05) is 7.11 Å². The lowest BCUT2D eigenvalue weighted by atomic mass is 9.85. The molecule has 6 atom stereocenters. The Morgan fingerprint density at radius 3 is 2.63 bits per heavy atom. The van der Waals surface area contributed by atoms with Crippen LogP contribution in [-0.4, -0.2) is 52.9 Å². The monoisotopic (exact) mass is 424 g/mol. The molecule has 2 rings (SSSR count). The van der Waals surface area contributed by atoms with Gasteiger partial charge in [-0.25, -0.2) is 4.39 Å². The zero-order valence-electron chi connectivity index (χ0n) is 18.0. The number of halogens is 1. The Morgan fingerprint density at radius 2 is 1.93 bits per heavy atom. The first kappa shape index (κ1) is 24.8. The number of carbonyl (C=O) groups is 1. The number of rotatable bonds is 9. The minimum Gasteiger partial charge on any atom is -0.469 e. The maximum atomic E-state index is 14.4. The van der Waals surface area contributed by atoms with Gasteiger partial charge in [0.15, 0.2) is 0 Å². The number of ether oxygens (including phenoxy) is 1. The van der Waals surface area contributed by atoms with E-state index in [9.17, 15) is 24.5 Å². The number of allylic oxidation sites excluding steroid dienone is 2. The van der Waals surface area contributed by atoms with Gasteiger partial charge in [-0.1, -0.05) is 56.1 Å². The standard InChI is InChI=1S/C24H37FO5/c1-30-24(29)12-8-3-2-7-11-18-19(23(28)16-22(18)27)13-14-21(26)20(25)15-17-9-5-4-6-10-17/h2,7,17-23,26-28H,3-6,8-12,15-16H2,1H3/b7-2+. The summed E-state index contributed by atoms with van der Waals surface area (Å²) in [6.07, 6.45) is 8.05. The first-order valence-corrected chi connectivity index (χ1v) is 11.3. The zero-order valence-corrected chi connectivity index (χ0v) is 18.0. The molecule has 6 unspecified atom stereocenters. The summed E-state index contributed by atoms with van der Waals surface area (Å²) in [5.41, 5.74) is 0. The highest BCUT2D eigenvalue weighted by molar-refractivity contribution is 5.69. The van der Waals surface area contributed by atoms with Gasteiger partial charge in [0, 0.05) is 18.8 Å². The molecule has 0 aromatic carbocycles. The van der Waals surface area contributed by atoms with Crippen molar-refractivity contribution in [3.63, 3.8) is 0 Å². The van der Waals surface area contributed by atoms with Gasteiger partial charge >= 0.3 is 5.97 Å². The van der Waals surface area contributed by atoms with Gasteiger partial charge in [0.2, 0.25) is 0 Å². The number of esters is 1. The topological polar surface area (TPSA) is 87.0 Å². The van der Waals surface area contributed by atoms with Crippen molar-refractivity contribution in [2.45, 2.75) is 95.1 Å². The van der Waals surface area contributed by atoms with Gasteiger partial charge in [-0.3, -0.25) is 4.79 Å². The molecule has 2 aliphatic carbocycles. The first-order chi connectivity index (χ1) is 14.4. The average molecular weight is 425 g/mol. The highest BCUT2D eigenvalue weighted by atomic mass is 19.1. The molecule has 2 aliphatic rings. The molecule has 0 saturated heterocycles. The molecule has 5 nitrogen and oxygen atoms in total. The number of carbonyl (C=O) groups excluding carboxylic acids is 1. The van der Waals surface area contributed by atoms with Crippen LogP contribution in [0.2, 0.25) is 0 Å². The Kier molecular flexibility index (Phi) is 10.8. The molecular formula is C24H37FO5. The molecule has 6 heteroatoms. The van der Waals surface area contributed by atoms with Crippen LogP contribution in [0.5, 0.6) is 0 Å². The fraction of sp³-hybridized carbons (Fsp3) is 0.792. The smallest absolute Gasteiger partial charge is 0.305 e. The van der Waals surface area contributed by atoms with Crippen LogP contribution in [0.25, 0.3) is 0 Å². The van der Waals surface area contributed by atoms with E-state index in [4.69, 9.17) is 0 Å². The van der Waals surface area contributed by atoms with Crippen LogP contribution in [0.3, 0.4) is 0 Å². The molecule has 0 bridgehead atoms. The second-order valence-electron chi connectivity index (χ2n) is 8.72. The summed E-state index contributed by atoms with van der Waals surface area (Å²) < 4.78 is 19.0. The van der Waals surface area contributed by atoms with Gasteiger partial charge < -0.3 is 20.1 Å². The number of hydrogen-bond donors (Lipinski definition) is 3. The molecule has 0 radical (unpaired) electrons. The van der Waals surface area contributed by atoms with Crippen LogP contribution in [0.1, 0.15) is 70.6 Å². The van der Waals surface area contributed by atoms with Crippen molar-refractivity contribution in [1.29, 1.82) is 0 Å². The molecule has 3 N–H and O–H groups in total. The third-order valence-corrected chi connectivity index (χ3v) is 6.43. The van der Waals surface area contributed by atoms with Crippen LogP contribution < -0.4 is 0 Å². The third-order valence-electron chi connectivity index (χ3n) is 6.43. The summed E-state index contributed by atoms with van der Waals surface area (Å²) in [6.45, 7) is 0. The van der Waals surface area contributed by atoms with Gasteiger partial charge in [-0.2, -0.15) is 0 Å². The SMILES string of the molecule is COC(=O)CCC/C=C/CC1C(O)CC(O)C1C#CC(O)C(F)CC1CCCCC1. The quantitative estimate of drug-likeness (QED) is 0.229. The Labute approximate surface area is 179 Å². The van der Waals surface area contributed by atoms with Crippen molar-refractivity contribution in [2.24, 2.45) is 17.8 Å². The van der Waals surface area contributed by atoms with Crippen LogP contribution in [0.15, 0.2) is 12.2 Å².